The number of ether oxygens (including phenoxy) is 1. The summed E-state index contributed by atoms with van der Waals surface area (Å²) in [6, 6.07) is 7.66. The number of rotatable bonds is 3. The number of amides is 1. The monoisotopic (exact) mass is 386 g/mol. The van der Waals surface area contributed by atoms with Crippen LogP contribution in [0.1, 0.15) is 58.2 Å². The molecule has 2 heterocycles. The molecule has 1 amide bonds. The first kappa shape index (κ1) is 19.7. The highest BCUT2D eigenvalue weighted by Gasteiger charge is 2.41. The Kier molecular flexibility index (Phi) is 5.47. The molecule has 1 fully saturated rings. The van der Waals surface area contributed by atoms with Crippen molar-refractivity contribution in [3.8, 4) is 0 Å². The number of fused-ring (bicyclic) bond motifs is 1. The van der Waals surface area contributed by atoms with Crippen LogP contribution in [0, 0.1) is 0 Å². The van der Waals surface area contributed by atoms with Crippen molar-refractivity contribution in [1.82, 2.24) is 4.90 Å². The Bertz CT molecular complexity index is 819. The van der Waals surface area contributed by atoms with Crippen LogP contribution < -0.4 is 0 Å². The molecule has 1 saturated heterocycles. The second-order valence-corrected chi connectivity index (χ2v) is 8.81. The van der Waals surface area contributed by atoms with Crippen LogP contribution in [0.2, 0.25) is 0 Å². The molecule has 0 bridgehead atoms. The predicted molar refractivity (Wildman–Crippen MR) is 109 cm³/mol. The lowest BCUT2D eigenvalue weighted by Gasteiger charge is -2.39. The summed E-state index contributed by atoms with van der Waals surface area (Å²) >= 11 is 1.56. The van der Waals surface area contributed by atoms with Crippen LogP contribution in [0.5, 0.6) is 0 Å². The van der Waals surface area contributed by atoms with Crippen molar-refractivity contribution in [2.45, 2.75) is 52.5 Å². The molecular weight excluding hydrogens is 360 g/mol. The Morgan fingerprint density at radius 2 is 1.96 bits per heavy atom. The van der Waals surface area contributed by atoms with Crippen LogP contribution in [0.25, 0.3) is 0 Å². The summed E-state index contributed by atoms with van der Waals surface area (Å²) in [5.74, 6) is 0.295. The van der Waals surface area contributed by atoms with Gasteiger partial charge >= 0.3 is 5.97 Å². The number of hydrogen-bond donors (Lipinski definition) is 0. The largest absolute Gasteiger partial charge is 0.463 e. The first-order chi connectivity index (χ1) is 12.7. The number of thioether (sulfide) groups is 1. The lowest BCUT2D eigenvalue weighted by atomic mass is 9.85. The van der Waals surface area contributed by atoms with Gasteiger partial charge in [-0.3, -0.25) is 9.69 Å². The number of hydrogen-bond acceptors (Lipinski definition) is 5. The van der Waals surface area contributed by atoms with Crippen molar-refractivity contribution in [1.29, 1.82) is 0 Å². The molecule has 0 aromatic heterocycles. The molecule has 0 spiro atoms. The molecule has 5 nitrogen and oxygen atoms in total. The zero-order chi connectivity index (χ0) is 19.8. The predicted octanol–water partition coefficient (Wildman–Crippen LogP) is 4.20. The lowest BCUT2D eigenvalue weighted by molar-refractivity contribution is -0.139. The second-order valence-electron chi connectivity index (χ2n) is 7.75. The minimum absolute atomic E-state index is 0.00769. The van der Waals surface area contributed by atoms with Crippen LogP contribution in [-0.2, 0) is 19.7 Å². The summed E-state index contributed by atoms with van der Waals surface area (Å²) in [7, 11) is 0. The van der Waals surface area contributed by atoms with Crippen LogP contribution in [-0.4, -0.2) is 34.3 Å². The van der Waals surface area contributed by atoms with Gasteiger partial charge in [-0.05, 0) is 30.4 Å². The van der Waals surface area contributed by atoms with Gasteiger partial charge in [-0.15, -0.1) is 0 Å². The van der Waals surface area contributed by atoms with Crippen molar-refractivity contribution in [2.75, 3.05) is 12.4 Å². The molecule has 144 valence electrons. The van der Waals surface area contributed by atoms with E-state index in [9.17, 15) is 9.59 Å². The zero-order valence-electron chi connectivity index (χ0n) is 16.5. The molecule has 1 aromatic carbocycles. The smallest absolute Gasteiger partial charge is 0.338 e. The van der Waals surface area contributed by atoms with Crippen LogP contribution in [0.15, 0.2) is 40.5 Å². The van der Waals surface area contributed by atoms with E-state index in [2.05, 4.69) is 37.9 Å². The van der Waals surface area contributed by atoms with Gasteiger partial charge < -0.3 is 4.74 Å². The Morgan fingerprint density at radius 1 is 1.30 bits per heavy atom. The summed E-state index contributed by atoms with van der Waals surface area (Å²) in [6.45, 7) is 10.3. The van der Waals surface area contributed by atoms with Gasteiger partial charge in [0, 0.05) is 12.2 Å². The average molecular weight is 387 g/mol. The van der Waals surface area contributed by atoms with Gasteiger partial charge in [0.2, 0.25) is 5.91 Å². The lowest BCUT2D eigenvalue weighted by Crippen LogP contribution is -2.45. The minimum atomic E-state index is -0.495. The maximum Gasteiger partial charge on any atom is 0.338 e. The van der Waals surface area contributed by atoms with Gasteiger partial charge in [-0.2, -0.15) is 0 Å². The first-order valence-electron chi connectivity index (χ1n) is 9.26. The number of nitrogens with zero attached hydrogens (tertiary/aromatic N) is 2. The van der Waals surface area contributed by atoms with Gasteiger partial charge in [0.05, 0.1) is 23.9 Å². The van der Waals surface area contributed by atoms with Gasteiger partial charge in [0.25, 0.3) is 0 Å². The summed E-state index contributed by atoms with van der Waals surface area (Å²) in [6.07, 6.45) is 0.440. The Balaban J connectivity index is 2.11. The Morgan fingerprint density at radius 3 is 2.56 bits per heavy atom. The Labute approximate surface area is 164 Å². The molecule has 3 rings (SSSR count). The highest BCUT2D eigenvalue weighted by Crippen LogP contribution is 2.40. The SMILES string of the molecule is CCOC(=O)C1=C(C)N=C2SCCC(=O)N2C1c1ccc(C(C)(C)C)cc1. The first-order valence-corrected chi connectivity index (χ1v) is 10.2. The van der Waals surface area contributed by atoms with E-state index in [1.165, 1.54) is 5.56 Å². The number of amidine groups is 1. The van der Waals surface area contributed by atoms with E-state index in [1.807, 2.05) is 19.1 Å². The highest BCUT2D eigenvalue weighted by molar-refractivity contribution is 8.14. The van der Waals surface area contributed by atoms with Crippen molar-refractivity contribution < 1.29 is 14.3 Å². The summed E-state index contributed by atoms with van der Waals surface area (Å²) in [4.78, 5) is 31.6. The Hall–Kier alpha value is -2.08. The van der Waals surface area contributed by atoms with E-state index in [0.717, 1.165) is 5.56 Å². The van der Waals surface area contributed by atoms with E-state index in [1.54, 1.807) is 23.6 Å². The van der Waals surface area contributed by atoms with Crippen molar-refractivity contribution >= 4 is 28.8 Å². The zero-order valence-corrected chi connectivity index (χ0v) is 17.4. The number of aliphatic imine (C=N–C) groups is 1. The average Bonchev–Trinajstić information content (AvgIpc) is 2.60. The van der Waals surface area contributed by atoms with E-state index in [0.29, 0.717) is 28.6 Å². The second kappa shape index (κ2) is 7.50. The molecule has 6 heteroatoms. The molecule has 2 aliphatic heterocycles. The standard InChI is InChI=1S/C21H26N2O3S/c1-6-26-19(25)17-13(2)22-20-23(16(24)11-12-27-20)18(17)14-7-9-15(10-8-14)21(3,4)5/h7-10,18H,6,11-12H2,1-5H3. The number of allylic oxidation sites excluding steroid dienone is 1. The van der Waals surface area contributed by atoms with Crippen molar-refractivity contribution in [2.24, 2.45) is 4.99 Å². The molecule has 1 unspecified atom stereocenters. The molecule has 1 aromatic rings. The molecule has 0 radical (unpaired) electrons. The van der Waals surface area contributed by atoms with Crippen LogP contribution in [0.4, 0.5) is 0 Å². The number of carbonyl (C=O) groups is 2. The summed E-state index contributed by atoms with van der Waals surface area (Å²) in [5.41, 5.74) is 3.19. The fourth-order valence-corrected chi connectivity index (χ4v) is 4.35. The minimum Gasteiger partial charge on any atom is -0.463 e. The topological polar surface area (TPSA) is 59.0 Å². The fourth-order valence-electron chi connectivity index (χ4n) is 3.35. The third-order valence-corrected chi connectivity index (χ3v) is 5.75. The van der Waals surface area contributed by atoms with E-state index in [-0.39, 0.29) is 17.9 Å². The summed E-state index contributed by atoms with van der Waals surface area (Å²) in [5, 5.41) is 0.668. The van der Waals surface area contributed by atoms with Gasteiger partial charge in [-0.1, -0.05) is 56.8 Å². The van der Waals surface area contributed by atoms with Crippen molar-refractivity contribution in [3.63, 3.8) is 0 Å². The molecule has 2 aliphatic rings. The molecule has 1 atom stereocenters. The molecule has 0 saturated carbocycles. The normalized spacial score (nSPS) is 20.3. The maximum atomic E-state index is 12.7. The third kappa shape index (κ3) is 3.81. The quantitative estimate of drug-likeness (QED) is 0.731. The van der Waals surface area contributed by atoms with Gasteiger partial charge in [-0.25, -0.2) is 9.79 Å². The summed E-state index contributed by atoms with van der Waals surface area (Å²) < 4.78 is 5.29. The maximum absolute atomic E-state index is 12.7. The van der Waals surface area contributed by atoms with Gasteiger partial charge in [0.15, 0.2) is 5.17 Å². The number of benzene rings is 1. The number of carbonyl (C=O) groups excluding carboxylic acids is 2. The van der Waals surface area contributed by atoms with E-state index >= 15 is 0 Å². The van der Waals surface area contributed by atoms with E-state index in [4.69, 9.17) is 4.74 Å². The fraction of sp³-hybridized carbons (Fsp3) is 0.476. The molecule has 0 aliphatic carbocycles. The third-order valence-electron chi connectivity index (χ3n) is 4.79. The van der Waals surface area contributed by atoms with Crippen LogP contribution >= 0.6 is 11.8 Å². The highest BCUT2D eigenvalue weighted by atomic mass is 32.2. The molecule has 0 N–H and O–H groups in total. The van der Waals surface area contributed by atoms with Crippen LogP contribution in [0.3, 0.4) is 0 Å². The molecule has 27 heavy (non-hydrogen) atoms. The van der Waals surface area contributed by atoms with Crippen molar-refractivity contribution in [3.05, 3.63) is 46.7 Å². The number of esters is 1. The van der Waals surface area contributed by atoms with E-state index < -0.39 is 12.0 Å². The van der Waals surface area contributed by atoms with Gasteiger partial charge in [0.1, 0.15) is 0 Å². The molecular formula is C21H26N2O3S.